The maximum absolute atomic E-state index is 4.23. The number of unbranched alkanes of at least 4 members (excludes halogenated alkanes) is 14. The van der Waals surface area contributed by atoms with E-state index in [2.05, 4.69) is 299 Å². The smallest absolute Gasteiger partial charge is 0.0725 e. The Bertz CT molecular complexity index is 3420. The summed E-state index contributed by atoms with van der Waals surface area (Å²) in [6, 6.07) is 0. The molecule has 7 rings (SSSR count). The van der Waals surface area contributed by atoms with Gasteiger partial charge in [-0.2, -0.15) is 0 Å². The van der Waals surface area contributed by atoms with Gasteiger partial charge in [-0.05, 0) is 218 Å². The van der Waals surface area contributed by atoms with Crippen molar-refractivity contribution in [1.82, 2.24) is 105 Å². The van der Waals surface area contributed by atoms with Gasteiger partial charge in [-0.25, -0.2) is 32.8 Å². The Morgan fingerprint density at radius 2 is 0.320 bits per heavy atom. The summed E-state index contributed by atoms with van der Waals surface area (Å²) < 4.78 is 14.7. The Balaban J connectivity index is 0.000000748. The quantitative estimate of drug-likeness (QED) is 0.0324. The first-order valence-corrected chi connectivity index (χ1v) is 53.3. The maximum Gasteiger partial charge on any atom is 0.0725 e. The highest BCUT2D eigenvalue weighted by Gasteiger charge is 2.14. The topological polar surface area (TPSA) is 215 Å². The lowest BCUT2D eigenvalue weighted by Gasteiger charge is -2.08. The molecule has 0 atom stereocenters. The third-order valence-corrected chi connectivity index (χ3v) is 23.6. The molecule has 0 spiro atoms. The Labute approximate surface area is 788 Å². The fourth-order valence-electron chi connectivity index (χ4n) is 15.3. The molecule has 0 aliphatic carbocycles. The minimum atomic E-state index is 0.674. The van der Waals surface area contributed by atoms with Gasteiger partial charge in [0.05, 0.1) is 83.2 Å². The molecule has 0 saturated carbocycles. The van der Waals surface area contributed by atoms with Gasteiger partial charge in [0.1, 0.15) is 0 Å². The van der Waals surface area contributed by atoms with E-state index in [9.17, 15) is 0 Å². The van der Waals surface area contributed by atoms with Crippen LogP contribution in [0.5, 0.6) is 0 Å². The molecule has 128 heavy (non-hydrogen) atoms. The third-order valence-electron chi connectivity index (χ3n) is 23.6. The van der Waals surface area contributed by atoms with E-state index < -0.39 is 0 Å². The van der Waals surface area contributed by atoms with Crippen LogP contribution in [-0.2, 0) is 90.8 Å². The molecule has 0 aromatic carbocycles. The van der Waals surface area contributed by atoms with Crippen molar-refractivity contribution in [3.8, 4) is 0 Å². The van der Waals surface area contributed by atoms with Gasteiger partial charge in [-0.1, -0.05) is 378 Å². The molecule has 0 bridgehead atoms. The number of rotatable bonds is 65. The fraction of sp³-hybridized carbons (Fsp3) is 0.869. The number of hydrogen-bond acceptors (Lipinski definition) is 14. The molecule has 0 fully saturated rings. The van der Waals surface area contributed by atoms with Gasteiger partial charge in [0.15, 0.2) is 0 Å². The van der Waals surface area contributed by atoms with Crippen LogP contribution in [-0.4, -0.2) is 105 Å². The molecule has 0 amide bonds. The van der Waals surface area contributed by atoms with Gasteiger partial charge in [0, 0.05) is 45.8 Å². The predicted molar refractivity (Wildman–Crippen MR) is 545 cm³/mol. The van der Waals surface area contributed by atoms with E-state index in [1.54, 1.807) is 0 Å². The molecule has 7 heterocycles. The van der Waals surface area contributed by atoms with Crippen molar-refractivity contribution in [2.45, 2.75) is 522 Å². The van der Waals surface area contributed by atoms with E-state index >= 15 is 0 Å². The van der Waals surface area contributed by atoms with E-state index in [1.807, 2.05) is 43.4 Å². The largest absolute Gasteiger partial charge is 0.249 e. The summed E-state index contributed by atoms with van der Waals surface area (Å²) in [4.78, 5) is 0. The zero-order chi connectivity index (χ0) is 95.1. The van der Waals surface area contributed by atoms with Crippen molar-refractivity contribution in [2.24, 2.45) is 82.9 Å². The SMILES string of the molecule is CC(C)CCCCCCCn1nncc1CCC(C)C.CC(C)CCCCCCn1nncc1CCCC(C)C.CC(C)CCCCCn1nncc1CC(C)C.CC(C)CCCCCn1nncc1CCCCC(C)C.CC(C)CCCCc1cnnn1CCC(C)C.CC(C)CCCCn1nncc1CCC(C)C.CC(C)CCCc1cnnn1CCCC(C)C. The van der Waals surface area contributed by atoms with Crippen molar-refractivity contribution < 1.29 is 0 Å². The van der Waals surface area contributed by atoms with Crippen molar-refractivity contribution >= 4 is 0 Å². The van der Waals surface area contributed by atoms with Crippen LogP contribution in [0.4, 0.5) is 0 Å². The average Bonchev–Trinajstić information content (AvgIpc) is 1.71. The van der Waals surface area contributed by atoms with Crippen LogP contribution in [0.3, 0.4) is 0 Å². The van der Waals surface area contributed by atoms with Gasteiger partial charge < -0.3 is 0 Å². The van der Waals surface area contributed by atoms with Gasteiger partial charge >= 0.3 is 0 Å². The van der Waals surface area contributed by atoms with Crippen molar-refractivity contribution in [1.29, 1.82) is 0 Å². The molecule has 0 unspecified atom stereocenters. The molecule has 21 nitrogen and oxygen atoms in total. The molecule has 0 saturated heterocycles. The molecule has 21 heteroatoms. The highest BCUT2D eigenvalue weighted by atomic mass is 15.5. The molecule has 0 radical (unpaired) electrons. The summed E-state index contributed by atoms with van der Waals surface area (Å²) in [5.41, 5.74) is 9.11. The first-order chi connectivity index (χ1) is 61.1. The Hall–Kier alpha value is -6.02. The maximum atomic E-state index is 4.23. The normalized spacial score (nSPS) is 11.7. The lowest BCUT2D eigenvalue weighted by Crippen LogP contribution is -2.07. The van der Waals surface area contributed by atoms with Crippen LogP contribution in [0.1, 0.15) is 471 Å². The lowest BCUT2D eigenvalue weighted by molar-refractivity contribution is 0.461. The van der Waals surface area contributed by atoms with Crippen molar-refractivity contribution in [3.05, 3.63) is 83.2 Å². The molecule has 0 N–H and O–H groups in total. The zero-order valence-electron chi connectivity index (χ0n) is 89.1. The van der Waals surface area contributed by atoms with Crippen LogP contribution < -0.4 is 0 Å². The van der Waals surface area contributed by atoms with E-state index in [4.69, 9.17) is 0 Å². The minimum absolute atomic E-state index is 0.674. The number of hydrogen-bond donors (Lipinski definition) is 0. The second kappa shape index (κ2) is 77.4. The molecule has 0 aliphatic rings. The molecular formula is C107H207N21. The van der Waals surface area contributed by atoms with Crippen LogP contribution in [0, 0.1) is 82.9 Å². The first kappa shape index (κ1) is 120. The highest BCUT2D eigenvalue weighted by molar-refractivity contribution is 4.99. The standard InChI is InChI=1S/3C17H33N3.4C14H27N3/c1-15(2)10-6-5-9-13-20-17(14-18-19-20)12-8-7-11-16(3)4;1-15(2)10-7-5-6-8-13-20-17(14-18-19-20)12-9-11-16(3)4;1-15(2)10-8-6-5-7-9-13-20-17(14-18-19-20)12-11-16(3)4;1-12(2)7-5-9-14-11-15-16-17(14)10-6-8-13(3)4;1-12(2)7-5-6-10-17-14(11-15-16-17)9-8-13(3)4;1-12(2)7-5-6-8-14-11-15-16-17(14)10-9-13(3)4;1-12(2)8-6-5-7-9-17-14(10-13(3)4)11-15-16-17/h3*14-16H,5-13H2,1-4H3;4*11-13H,5-10H2,1-4H3. The van der Waals surface area contributed by atoms with Gasteiger partial charge in [0.25, 0.3) is 0 Å². The molecule has 7 aromatic heterocycles. The second-order valence-corrected chi connectivity index (χ2v) is 43.6. The van der Waals surface area contributed by atoms with Crippen LogP contribution in [0.25, 0.3) is 0 Å². The van der Waals surface area contributed by atoms with E-state index in [0.29, 0.717) is 5.92 Å². The summed E-state index contributed by atoms with van der Waals surface area (Å²) in [5.74, 6) is 11.1. The number of aromatic nitrogens is 21. The molecule has 0 aliphatic heterocycles. The van der Waals surface area contributed by atoms with Crippen molar-refractivity contribution in [3.63, 3.8) is 0 Å². The predicted octanol–water partition coefficient (Wildman–Crippen LogP) is 29.4. The Morgan fingerprint density at radius 3 is 0.586 bits per heavy atom. The molecule has 7 aromatic rings. The van der Waals surface area contributed by atoms with Gasteiger partial charge in [0.2, 0.25) is 0 Å². The number of nitrogens with zero attached hydrogens (tertiary/aromatic N) is 21. The summed E-state index contributed by atoms with van der Waals surface area (Å²) in [7, 11) is 0. The number of aryl methyl sites for hydroxylation is 13. The highest BCUT2D eigenvalue weighted by Crippen LogP contribution is 2.21. The van der Waals surface area contributed by atoms with Crippen LogP contribution in [0.15, 0.2) is 43.4 Å². The fourth-order valence-corrected chi connectivity index (χ4v) is 15.3. The average molecular weight is 1790 g/mol. The van der Waals surface area contributed by atoms with Crippen molar-refractivity contribution in [2.75, 3.05) is 0 Å². The summed E-state index contributed by atoms with van der Waals surface area (Å²) in [6.07, 6.45) is 69.3. The summed E-state index contributed by atoms with van der Waals surface area (Å²) in [5, 5.41) is 57.7. The Kier molecular flexibility index (Phi) is 72.6. The molecular weight excluding hydrogens is 1580 g/mol. The van der Waals surface area contributed by atoms with E-state index in [-0.39, 0.29) is 0 Å². The molecule has 740 valence electrons. The van der Waals surface area contributed by atoms with E-state index in [0.717, 1.165) is 168 Å². The van der Waals surface area contributed by atoms with E-state index in [1.165, 1.54) is 277 Å². The van der Waals surface area contributed by atoms with Gasteiger partial charge in [-0.3, -0.25) is 0 Å². The second-order valence-electron chi connectivity index (χ2n) is 43.6. The lowest BCUT2D eigenvalue weighted by atomic mass is 10.0. The zero-order valence-corrected chi connectivity index (χ0v) is 89.1. The van der Waals surface area contributed by atoms with Crippen LogP contribution in [0.2, 0.25) is 0 Å². The third kappa shape index (κ3) is 68.9. The first-order valence-electron chi connectivity index (χ1n) is 53.3. The van der Waals surface area contributed by atoms with Gasteiger partial charge in [-0.15, -0.1) is 35.7 Å². The van der Waals surface area contributed by atoms with Crippen LogP contribution >= 0.6 is 0 Å². The summed E-state index contributed by atoms with van der Waals surface area (Å²) in [6.45, 7) is 71.0. The monoisotopic (exact) mass is 1790 g/mol. The summed E-state index contributed by atoms with van der Waals surface area (Å²) >= 11 is 0. The Morgan fingerprint density at radius 1 is 0.148 bits per heavy atom. The minimum Gasteiger partial charge on any atom is -0.249 e.